The van der Waals surface area contributed by atoms with Crippen LogP contribution in [0.15, 0.2) is 48.7 Å². The largest absolute Gasteiger partial charge is 0.490 e. The molecule has 0 spiro atoms. The number of nitrogens with zero attached hydrogens (tertiary/aromatic N) is 4. The van der Waals surface area contributed by atoms with Crippen molar-refractivity contribution in [1.82, 2.24) is 9.78 Å². The van der Waals surface area contributed by atoms with Crippen LogP contribution in [-0.2, 0) is 16.1 Å². The maximum absolute atomic E-state index is 13.3. The zero-order valence-corrected chi connectivity index (χ0v) is 18.6. The minimum absolute atomic E-state index is 0.00695. The molecule has 1 amide bonds. The highest BCUT2D eigenvalue weighted by Gasteiger charge is 2.26. The Balaban J connectivity index is 1.46. The molecule has 7 nitrogen and oxygen atoms in total. The molecule has 1 saturated heterocycles. The molecule has 1 aromatic heterocycles. The molecule has 1 fully saturated rings. The number of carbonyl (C=O) groups excluding carboxylic acids is 1. The first-order valence-electron chi connectivity index (χ1n) is 11.1. The number of carbonyl (C=O) groups is 1. The first kappa shape index (κ1) is 20.6. The average molecular weight is 433 g/mol. The summed E-state index contributed by atoms with van der Waals surface area (Å²) in [6, 6.07) is 14.2. The summed E-state index contributed by atoms with van der Waals surface area (Å²) < 4.78 is 13.1. The number of aromatic nitrogens is 2. The van der Waals surface area contributed by atoms with Crippen molar-refractivity contribution in [2.75, 3.05) is 49.3 Å². The van der Waals surface area contributed by atoms with E-state index in [-0.39, 0.29) is 12.5 Å². The van der Waals surface area contributed by atoms with Gasteiger partial charge < -0.3 is 19.3 Å². The average Bonchev–Trinajstić information content (AvgIpc) is 3.23. The number of rotatable bonds is 4. The number of morpholine rings is 1. The van der Waals surface area contributed by atoms with E-state index in [9.17, 15) is 4.79 Å². The molecule has 0 radical (unpaired) electrons. The van der Waals surface area contributed by atoms with Gasteiger partial charge in [0.05, 0.1) is 25.4 Å². The molecular weight excluding hydrogens is 404 g/mol. The van der Waals surface area contributed by atoms with Gasteiger partial charge in [-0.15, -0.1) is 0 Å². The third-order valence-corrected chi connectivity index (χ3v) is 6.06. The quantitative estimate of drug-likeness (QED) is 0.632. The van der Waals surface area contributed by atoms with Crippen LogP contribution in [0.1, 0.15) is 11.1 Å². The predicted octanol–water partition coefficient (Wildman–Crippen LogP) is 3.43. The number of aryl methyl sites for hydroxylation is 2. The number of hydrogen-bond donors (Lipinski definition) is 0. The Morgan fingerprint density at radius 3 is 2.62 bits per heavy atom. The summed E-state index contributed by atoms with van der Waals surface area (Å²) in [4.78, 5) is 17.4. The molecule has 2 aliphatic rings. The third kappa shape index (κ3) is 3.96. The van der Waals surface area contributed by atoms with E-state index in [2.05, 4.69) is 24.0 Å². The molecule has 0 bridgehead atoms. The minimum Gasteiger partial charge on any atom is -0.490 e. The summed E-state index contributed by atoms with van der Waals surface area (Å²) in [5.74, 6) is 1.67. The highest BCUT2D eigenvalue weighted by atomic mass is 16.5. The van der Waals surface area contributed by atoms with Crippen LogP contribution >= 0.6 is 0 Å². The SMILES string of the molecule is Cc1ccc2c(c1)N(C(=O)Cn1cc(-c3ccccc3C)c(N3CCOCC3)n1)CCO2. The summed E-state index contributed by atoms with van der Waals surface area (Å²) in [6.07, 6.45) is 2.00. The molecule has 0 saturated carbocycles. The van der Waals surface area contributed by atoms with Gasteiger partial charge in [-0.2, -0.15) is 5.10 Å². The molecule has 166 valence electrons. The maximum Gasteiger partial charge on any atom is 0.248 e. The van der Waals surface area contributed by atoms with Gasteiger partial charge in [-0.3, -0.25) is 9.48 Å². The van der Waals surface area contributed by atoms with E-state index >= 15 is 0 Å². The first-order chi connectivity index (χ1) is 15.6. The Morgan fingerprint density at radius 2 is 1.81 bits per heavy atom. The van der Waals surface area contributed by atoms with Crippen LogP contribution in [0.4, 0.5) is 11.5 Å². The maximum atomic E-state index is 13.3. The van der Waals surface area contributed by atoms with Gasteiger partial charge in [0.1, 0.15) is 18.9 Å². The Labute approximate surface area is 188 Å². The van der Waals surface area contributed by atoms with Gasteiger partial charge in [-0.05, 0) is 42.7 Å². The molecule has 0 N–H and O–H groups in total. The molecule has 32 heavy (non-hydrogen) atoms. The predicted molar refractivity (Wildman–Crippen MR) is 124 cm³/mol. The van der Waals surface area contributed by atoms with Gasteiger partial charge in [-0.25, -0.2) is 0 Å². The Hall–Kier alpha value is -3.32. The lowest BCUT2D eigenvalue weighted by atomic mass is 10.0. The summed E-state index contributed by atoms with van der Waals surface area (Å²) in [6.45, 7) is 8.29. The number of amides is 1. The second-order valence-corrected chi connectivity index (χ2v) is 8.34. The van der Waals surface area contributed by atoms with Gasteiger partial charge in [0.15, 0.2) is 5.82 Å². The Kier molecular flexibility index (Phi) is 5.57. The van der Waals surface area contributed by atoms with Crippen molar-refractivity contribution in [1.29, 1.82) is 0 Å². The van der Waals surface area contributed by atoms with Crippen molar-refractivity contribution < 1.29 is 14.3 Å². The van der Waals surface area contributed by atoms with E-state index in [1.165, 1.54) is 5.56 Å². The molecule has 2 aliphatic heterocycles. The number of hydrogen-bond acceptors (Lipinski definition) is 5. The smallest absolute Gasteiger partial charge is 0.248 e. The van der Waals surface area contributed by atoms with Crippen molar-refractivity contribution in [3.8, 4) is 16.9 Å². The summed E-state index contributed by atoms with van der Waals surface area (Å²) >= 11 is 0. The lowest BCUT2D eigenvalue weighted by Gasteiger charge is -2.30. The molecule has 0 atom stereocenters. The molecule has 3 heterocycles. The van der Waals surface area contributed by atoms with Crippen molar-refractivity contribution >= 4 is 17.4 Å². The number of anilines is 2. The highest BCUT2D eigenvalue weighted by molar-refractivity contribution is 5.95. The van der Waals surface area contributed by atoms with Crippen LogP contribution < -0.4 is 14.5 Å². The van der Waals surface area contributed by atoms with Crippen molar-refractivity contribution in [3.63, 3.8) is 0 Å². The fraction of sp³-hybridized carbons (Fsp3) is 0.360. The number of fused-ring (bicyclic) bond motifs is 1. The minimum atomic E-state index is 0.00695. The van der Waals surface area contributed by atoms with E-state index in [1.807, 2.05) is 48.4 Å². The molecular formula is C25H28N4O3. The Morgan fingerprint density at radius 1 is 1.00 bits per heavy atom. The summed E-state index contributed by atoms with van der Waals surface area (Å²) in [7, 11) is 0. The fourth-order valence-electron chi connectivity index (χ4n) is 4.38. The molecule has 3 aromatic rings. The zero-order valence-electron chi connectivity index (χ0n) is 18.6. The second kappa shape index (κ2) is 8.67. The van der Waals surface area contributed by atoms with Crippen LogP contribution in [0.5, 0.6) is 5.75 Å². The van der Waals surface area contributed by atoms with Crippen LogP contribution in [0.2, 0.25) is 0 Å². The monoisotopic (exact) mass is 432 g/mol. The van der Waals surface area contributed by atoms with E-state index in [4.69, 9.17) is 14.6 Å². The third-order valence-electron chi connectivity index (χ3n) is 6.06. The first-order valence-corrected chi connectivity index (χ1v) is 11.1. The van der Waals surface area contributed by atoms with Crippen LogP contribution in [0, 0.1) is 13.8 Å². The van der Waals surface area contributed by atoms with E-state index in [1.54, 1.807) is 4.68 Å². The lowest BCUT2D eigenvalue weighted by molar-refractivity contribution is -0.119. The van der Waals surface area contributed by atoms with E-state index < -0.39 is 0 Å². The summed E-state index contributed by atoms with van der Waals surface area (Å²) in [5, 5.41) is 4.87. The number of benzene rings is 2. The van der Waals surface area contributed by atoms with Crippen molar-refractivity contribution in [3.05, 3.63) is 59.8 Å². The standard InChI is InChI=1S/C25H28N4O3/c1-18-7-8-23-22(15-18)29(11-14-32-23)24(30)17-28-16-21(20-6-4-3-5-19(20)2)25(26-28)27-9-12-31-13-10-27/h3-8,15-16H,9-14,17H2,1-2H3. The Bertz CT molecular complexity index is 1130. The second-order valence-electron chi connectivity index (χ2n) is 8.34. The number of ether oxygens (including phenoxy) is 2. The highest BCUT2D eigenvalue weighted by Crippen LogP contribution is 2.34. The van der Waals surface area contributed by atoms with E-state index in [0.717, 1.165) is 47.0 Å². The normalized spacial score (nSPS) is 15.9. The van der Waals surface area contributed by atoms with Gasteiger partial charge in [0, 0.05) is 24.8 Å². The lowest BCUT2D eigenvalue weighted by Crippen LogP contribution is -2.40. The van der Waals surface area contributed by atoms with Crippen molar-refractivity contribution in [2.24, 2.45) is 0 Å². The fourth-order valence-corrected chi connectivity index (χ4v) is 4.38. The zero-order chi connectivity index (χ0) is 22.1. The van der Waals surface area contributed by atoms with Crippen LogP contribution in [-0.4, -0.2) is 55.1 Å². The molecule has 2 aromatic carbocycles. The van der Waals surface area contributed by atoms with Crippen LogP contribution in [0.25, 0.3) is 11.1 Å². The van der Waals surface area contributed by atoms with Gasteiger partial charge in [-0.1, -0.05) is 30.3 Å². The van der Waals surface area contributed by atoms with Gasteiger partial charge >= 0.3 is 0 Å². The van der Waals surface area contributed by atoms with Crippen LogP contribution in [0.3, 0.4) is 0 Å². The molecule has 5 rings (SSSR count). The molecule has 0 aliphatic carbocycles. The summed E-state index contributed by atoms with van der Waals surface area (Å²) in [5.41, 5.74) is 5.31. The van der Waals surface area contributed by atoms with E-state index in [0.29, 0.717) is 26.4 Å². The van der Waals surface area contributed by atoms with Gasteiger partial charge in [0.25, 0.3) is 0 Å². The van der Waals surface area contributed by atoms with Crippen molar-refractivity contribution in [2.45, 2.75) is 20.4 Å². The molecule has 0 unspecified atom stereocenters. The molecule has 7 heteroatoms. The topological polar surface area (TPSA) is 59.8 Å². The van der Waals surface area contributed by atoms with Gasteiger partial charge in [0.2, 0.25) is 5.91 Å².